The monoisotopic (exact) mass is 399 g/mol. The number of piperidine rings is 1. The van der Waals surface area contributed by atoms with Gasteiger partial charge in [-0.3, -0.25) is 19.4 Å². The summed E-state index contributed by atoms with van der Waals surface area (Å²) in [5.74, 6) is 0.993. The number of carbonyl (C=O) groups excluding carboxylic acids is 2. The molecule has 3 heterocycles. The number of nitrogens with zero attached hydrogens (tertiary/aromatic N) is 3. The molecule has 1 aromatic carbocycles. The van der Waals surface area contributed by atoms with Crippen LogP contribution in [0.3, 0.4) is 0 Å². The number of amides is 1. The zero-order valence-electron chi connectivity index (χ0n) is 17.5. The van der Waals surface area contributed by atoms with Gasteiger partial charge in [0.1, 0.15) is 0 Å². The highest BCUT2D eigenvalue weighted by Crippen LogP contribution is 2.34. The maximum atomic E-state index is 12.4. The molecule has 2 atom stereocenters. The topological polar surface area (TPSA) is 53.1 Å². The van der Waals surface area contributed by atoms with Crippen molar-refractivity contribution in [1.29, 1.82) is 0 Å². The van der Waals surface area contributed by atoms with Crippen LogP contribution in [-0.4, -0.2) is 79.0 Å². The van der Waals surface area contributed by atoms with Crippen LogP contribution in [0, 0.1) is 11.8 Å². The Hall–Kier alpha value is -1.92. The molecule has 158 valence electrons. The van der Waals surface area contributed by atoms with Crippen LogP contribution >= 0.6 is 0 Å². The number of esters is 1. The van der Waals surface area contributed by atoms with Gasteiger partial charge in [0.05, 0.1) is 13.5 Å². The molecule has 0 saturated carbocycles. The maximum Gasteiger partial charge on any atom is 0.306 e. The summed E-state index contributed by atoms with van der Waals surface area (Å²) in [4.78, 5) is 30.9. The second-order valence-corrected chi connectivity index (χ2v) is 8.84. The van der Waals surface area contributed by atoms with E-state index >= 15 is 0 Å². The van der Waals surface area contributed by atoms with Crippen LogP contribution in [0.25, 0.3) is 0 Å². The van der Waals surface area contributed by atoms with Gasteiger partial charge in [0.25, 0.3) is 0 Å². The molecule has 3 aliphatic rings. The first kappa shape index (κ1) is 20.4. The molecule has 1 aromatic rings. The molecule has 0 radical (unpaired) electrons. The highest BCUT2D eigenvalue weighted by Gasteiger charge is 2.43. The van der Waals surface area contributed by atoms with E-state index in [1.165, 1.54) is 38.6 Å². The third kappa shape index (κ3) is 4.98. The Morgan fingerprint density at radius 1 is 0.966 bits per heavy atom. The number of ether oxygens (including phenoxy) is 1. The molecule has 3 saturated heterocycles. The molecule has 3 fully saturated rings. The number of likely N-dealkylation sites (tertiary alicyclic amines) is 3. The molecule has 3 aliphatic heterocycles. The van der Waals surface area contributed by atoms with Crippen molar-refractivity contribution in [2.24, 2.45) is 11.8 Å². The lowest BCUT2D eigenvalue weighted by molar-refractivity contribution is -0.143. The Morgan fingerprint density at radius 2 is 1.62 bits per heavy atom. The first-order chi connectivity index (χ1) is 14.1. The van der Waals surface area contributed by atoms with Gasteiger partial charge in [0.15, 0.2) is 0 Å². The first-order valence-electron chi connectivity index (χ1n) is 11.0. The van der Waals surface area contributed by atoms with Gasteiger partial charge in [-0.25, -0.2) is 0 Å². The van der Waals surface area contributed by atoms with E-state index in [1.807, 2.05) is 4.90 Å². The zero-order chi connectivity index (χ0) is 20.2. The minimum Gasteiger partial charge on any atom is -0.469 e. The average molecular weight is 400 g/mol. The smallest absolute Gasteiger partial charge is 0.306 e. The Labute approximate surface area is 173 Å². The normalized spacial score (nSPS) is 25.9. The molecule has 29 heavy (non-hydrogen) atoms. The summed E-state index contributed by atoms with van der Waals surface area (Å²) in [5.41, 5.74) is 1.40. The predicted octanol–water partition coefficient (Wildman–Crippen LogP) is 1.99. The van der Waals surface area contributed by atoms with E-state index in [0.29, 0.717) is 17.9 Å². The van der Waals surface area contributed by atoms with Crippen LogP contribution < -0.4 is 0 Å². The van der Waals surface area contributed by atoms with Crippen LogP contribution in [-0.2, 0) is 20.9 Å². The maximum absolute atomic E-state index is 12.4. The molecule has 0 unspecified atom stereocenters. The summed E-state index contributed by atoms with van der Waals surface area (Å²) in [7, 11) is 1.37. The third-order valence-electron chi connectivity index (χ3n) is 6.96. The minimum absolute atomic E-state index is 0.102. The summed E-state index contributed by atoms with van der Waals surface area (Å²) in [5, 5.41) is 0. The molecule has 6 nitrogen and oxygen atoms in total. The van der Waals surface area contributed by atoms with Gasteiger partial charge in [-0.2, -0.15) is 0 Å². The summed E-state index contributed by atoms with van der Waals surface area (Å²) >= 11 is 0. The Bertz CT molecular complexity index is 689. The highest BCUT2D eigenvalue weighted by molar-refractivity contribution is 5.81. The molecule has 0 N–H and O–H groups in total. The highest BCUT2D eigenvalue weighted by atomic mass is 16.5. The average Bonchev–Trinajstić information content (AvgIpc) is 3.32. The second kappa shape index (κ2) is 9.26. The standard InChI is InChI=1S/C23H33N3O3/c1-29-23(28)8-7-22(27)26-16-19-14-25(15-20(19)17-26)21-9-11-24(12-10-21)13-18-5-3-2-4-6-18/h2-6,19-21H,7-17H2,1H3/t19-,20-/m0/s1. The predicted molar refractivity (Wildman–Crippen MR) is 111 cm³/mol. The van der Waals surface area contributed by atoms with Crippen molar-refractivity contribution >= 4 is 11.9 Å². The van der Waals surface area contributed by atoms with Crippen molar-refractivity contribution in [3.63, 3.8) is 0 Å². The molecule has 6 heteroatoms. The quantitative estimate of drug-likeness (QED) is 0.685. The molecule has 0 bridgehead atoms. The summed E-state index contributed by atoms with van der Waals surface area (Å²) in [6.07, 6.45) is 2.95. The van der Waals surface area contributed by atoms with Crippen LogP contribution in [0.15, 0.2) is 30.3 Å². The van der Waals surface area contributed by atoms with E-state index < -0.39 is 0 Å². The number of hydrogen-bond donors (Lipinski definition) is 0. The van der Waals surface area contributed by atoms with Gasteiger partial charge >= 0.3 is 5.97 Å². The van der Waals surface area contributed by atoms with Crippen LogP contribution in [0.5, 0.6) is 0 Å². The fraction of sp³-hybridized carbons (Fsp3) is 0.652. The van der Waals surface area contributed by atoms with Crippen molar-refractivity contribution in [2.75, 3.05) is 46.4 Å². The van der Waals surface area contributed by atoms with Crippen LogP contribution in [0.4, 0.5) is 0 Å². The van der Waals surface area contributed by atoms with E-state index in [9.17, 15) is 9.59 Å². The summed E-state index contributed by atoms with van der Waals surface area (Å²) < 4.78 is 4.64. The Morgan fingerprint density at radius 3 is 2.24 bits per heavy atom. The first-order valence-corrected chi connectivity index (χ1v) is 11.0. The number of benzene rings is 1. The lowest BCUT2D eigenvalue weighted by Gasteiger charge is -2.37. The summed E-state index contributed by atoms with van der Waals surface area (Å²) in [6, 6.07) is 11.4. The Balaban J connectivity index is 1.19. The van der Waals surface area contributed by atoms with Crippen molar-refractivity contribution in [3.05, 3.63) is 35.9 Å². The lowest BCUT2D eigenvalue weighted by Crippen LogP contribution is -2.45. The van der Waals surface area contributed by atoms with E-state index in [4.69, 9.17) is 0 Å². The van der Waals surface area contributed by atoms with Crippen LogP contribution in [0.1, 0.15) is 31.2 Å². The van der Waals surface area contributed by atoms with Crippen molar-refractivity contribution in [2.45, 2.75) is 38.3 Å². The third-order valence-corrected chi connectivity index (χ3v) is 6.96. The van der Waals surface area contributed by atoms with E-state index in [2.05, 4.69) is 44.9 Å². The molecule has 0 aromatic heterocycles. The molecule has 1 amide bonds. The number of hydrogen-bond acceptors (Lipinski definition) is 5. The molecule has 0 aliphatic carbocycles. The Kier molecular flexibility index (Phi) is 6.50. The lowest BCUT2D eigenvalue weighted by atomic mass is 10.0. The van der Waals surface area contributed by atoms with Gasteiger partial charge in [0, 0.05) is 45.2 Å². The van der Waals surface area contributed by atoms with Gasteiger partial charge < -0.3 is 9.64 Å². The number of methoxy groups -OCH3 is 1. The molecular weight excluding hydrogens is 366 g/mol. The van der Waals surface area contributed by atoms with E-state index in [-0.39, 0.29) is 24.7 Å². The molecular formula is C23H33N3O3. The zero-order valence-corrected chi connectivity index (χ0v) is 17.5. The second-order valence-electron chi connectivity index (χ2n) is 8.84. The largest absolute Gasteiger partial charge is 0.469 e. The summed E-state index contributed by atoms with van der Waals surface area (Å²) in [6.45, 7) is 7.35. The minimum atomic E-state index is -0.303. The number of fused-ring (bicyclic) bond motifs is 1. The fourth-order valence-electron chi connectivity index (χ4n) is 5.28. The van der Waals surface area contributed by atoms with Crippen molar-refractivity contribution in [3.8, 4) is 0 Å². The fourth-order valence-corrected chi connectivity index (χ4v) is 5.28. The van der Waals surface area contributed by atoms with Gasteiger partial charge in [-0.05, 0) is 43.3 Å². The van der Waals surface area contributed by atoms with E-state index in [0.717, 1.165) is 32.7 Å². The molecule has 0 spiro atoms. The van der Waals surface area contributed by atoms with Crippen molar-refractivity contribution < 1.29 is 14.3 Å². The van der Waals surface area contributed by atoms with Crippen LogP contribution in [0.2, 0.25) is 0 Å². The van der Waals surface area contributed by atoms with Gasteiger partial charge in [-0.1, -0.05) is 30.3 Å². The number of rotatable bonds is 6. The SMILES string of the molecule is COC(=O)CCC(=O)N1C[C@@H]2CN(C3CCN(Cc4ccccc4)CC3)C[C@H]2C1. The van der Waals surface area contributed by atoms with E-state index in [1.54, 1.807) is 0 Å². The van der Waals surface area contributed by atoms with Gasteiger partial charge in [-0.15, -0.1) is 0 Å². The van der Waals surface area contributed by atoms with Gasteiger partial charge in [0.2, 0.25) is 5.91 Å². The van der Waals surface area contributed by atoms with Crippen molar-refractivity contribution in [1.82, 2.24) is 14.7 Å². The molecule has 4 rings (SSSR count). The number of carbonyl (C=O) groups is 2.